The highest BCUT2D eigenvalue weighted by molar-refractivity contribution is 5.75. The van der Waals surface area contributed by atoms with Crippen molar-refractivity contribution in [1.82, 2.24) is 14.1 Å². The van der Waals surface area contributed by atoms with Crippen LogP contribution in [0.2, 0.25) is 0 Å². The van der Waals surface area contributed by atoms with E-state index in [1.165, 1.54) is 39.4 Å². The average molecular weight is 514 g/mol. The van der Waals surface area contributed by atoms with Crippen LogP contribution in [0.1, 0.15) is 66.5 Å². The molecule has 6 nitrogen and oxygen atoms in total. The van der Waals surface area contributed by atoms with E-state index < -0.39 is 23.1 Å². The Morgan fingerprint density at radius 2 is 1.57 bits per heavy atom. The molecule has 1 N–H and O–H groups in total. The average Bonchev–Trinajstić information content (AvgIpc) is 2.81. The number of pyridine rings is 1. The molecular weight excluding hydrogens is 483 g/mol. The van der Waals surface area contributed by atoms with E-state index >= 15 is 0 Å². The van der Waals surface area contributed by atoms with E-state index in [0.717, 1.165) is 39.5 Å². The molecule has 0 aliphatic heterocycles. The topological polar surface area (TPSA) is 77.1 Å². The van der Waals surface area contributed by atoms with E-state index in [1.54, 1.807) is 6.07 Å². The molecule has 1 aromatic carbocycles. The molecule has 4 bridgehead atoms. The summed E-state index contributed by atoms with van der Waals surface area (Å²) in [5.74, 6) is 2.02. The van der Waals surface area contributed by atoms with Crippen molar-refractivity contribution in [3.63, 3.8) is 0 Å². The summed E-state index contributed by atoms with van der Waals surface area (Å²) >= 11 is 0. The molecule has 0 saturated heterocycles. The van der Waals surface area contributed by atoms with Crippen molar-refractivity contribution in [3.8, 4) is 5.75 Å². The summed E-state index contributed by atoms with van der Waals surface area (Å²) in [5, 5.41) is 11.4. The number of phenols is 1. The van der Waals surface area contributed by atoms with Crippen molar-refractivity contribution >= 4 is 11.0 Å². The minimum absolute atomic E-state index is 0.0640. The molecule has 2 aromatic heterocycles. The van der Waals surface area contributed by atoms with Gasteiger partial charge in [0.15, 0.2) is 0 Å². The van der Waals surface area contributed by atoms with E-state index in [-0.39, 0.29) is 34.2 Å². The Labute approximate surface area is 211 Å². The fourth-order valence-electron chi connectivity index (χ4n) is 7.96. The number of alkyl halides is 3. The van der Waals surface area contributed by atoms with Crippen molar-refractivity contribution < 1.29 is 18.3 Å². The lowest BCUT2D eigenvalue weighted by molar-refractivity contribution is -0.141. The molecule has 2 heterocycles. The first-order valence-electron chi connectivity index (χ1n) is 12.9. The third kappa shape index (κ3) is 3.72. The highest BCUT2D eigenvalue weighted by atomic mass is 19.4. The number of halogens is 3. The lowest BCUT2D eigenvalue weighted by atomic mass is 9.48. The molecular formula is C28H30F3N3O3. The molecule has 196 valence electrons. The van der Waals surface area contributed by atoms with Crippen LogP contribution in [0.5, 0.6) is 5.75 Å². The number of benzene rings is 1. The van der Waals surface area contributed by atoms with Crippen molar-refractivity contribution in [2.24, 2.45) is 31.8 Å². The molecule has 4 aliphatic carbocycles. The van der Waals surface area contributed by atoms with Gasteiger partial charge in [0.25, 0.3) is 5.56 Å². The number of aromatic nitrogens is 3. The van der Waals surface area contributed by atoms with Gasteiger partial charge in [-0.05, 0) is 85.8 Å². The molecule has 0 atom stereocenters. The third-order valence-corrected chi connectivity index (χ3v) is 9.10. The predicted octanol–water partition coefficient (Wildman–Crippen LogP) is 4.72. The number of hydrogen-bond acceptors (Lipinski definition) is 4. The SMILES string of the molecule is Cc1cc(Cc2cc3c(=O)n(C)c(=O)n(C)c3nc2C(F)(F)F)c(O)c(C23CC4CC(CC(C4)C2)C3)c1. The largest absolute Gasteiger partial charge is 0.507 e. The zero-order valence-corrected chi connectivity index (χ0v) is 21.2. The van der Waals surface area contributed by atoms with Crippen LogP contribution in [0.15, 0.2) is 27.8 Å². The summed E-state index contributed by atoms with van der Waals surface area (Å²) in [6.45, 7) is 1.90. The molecule has 0 amide bonds. The van der Waals surface area contributed by atoms with Gasteiger partial charge in [-0.1, -0.05) is 17.7 Å². The maximum Gasteiger partial charge on any atom is 0.433 e. The number of hydrogen-bond donors (Lipinski definition) is 1. The molecule has 0 spiro atoms. The first-order valence-corrected chi connectivity index (χ1v) is 12.9. The lowest BCUT2D eigenvalue weighted by Gasteiger charge is -2.57. The molecule has 9 heteroatoms. The molecule has 3 aromatic rings. The molecule has 4 saturated carbocycles. The number of phenolic OH excluding ortho intramolecular Hbond substituents is 1. The number of aromatic hydroxyl groups is 1. The number of rotatable bonds is 3. The van der Waals surface area contributed by atoms with Crippen molar-refractivity contribution in [2.75, 3.05) is 0 Å². The Kier molecular flexibility index (Phi) is 5.21. The fourth-order valence-corrected chi connectivity index (χ4v) is 7.96. The van der Waals surface area contributed by atoms with Gasteiger partial charge in [-0.15, -0.1) is 0 Å². The van der Waals surface area contributed by atoms with E-state index in [9.17, 15) is 27.9 Å². The van der Waals surface area contributed by atoms with Gasteiger partial charge in [-0.3, -0.25) is 13.9 Å². The summed E-state index contributed by atoms with van der Waals surface area (Å²) in [4.78, 5) is 28.9. The van der Waals surface area contributed by atoms with Gasteiger partial charge in [0.1, 0.15) is 17.1 Å². The van der Waals surface area contributed by atoms with Crippen LogP contribution in [0.25, 0.3) is 11.0 Å². The first kappa shape index (κ1) is 24.2. The van der Waals surface area contributed by atoms with Crippen LogP contribution in [-0.4, -0.2) is 19.2 Å². The Bertz CT molecular complexity index is 1530. The molecule has 7 rings (SSSR count). The van der Waals surface area contributed by atoms with Crippen LogP contribution in [-0.2, 0) is 32.1 Å². The first-order chi connectivity index (χ1) is 17.4. The Morgan fingerprint density at radius 3 is 2.14 bits per heavy atom. The number of fused-ring (bicyclic) bond motifs is 1. The van der Waals surface area contributed by atoms with Gasteiger partial charge in [0, 0.05) is 26.1 Å². The van der Waals surface area contributed by atoms with Gasteiger partial charge >= 0.3 is 11.9 Å². The van der Waals surface area contributed by atoms with Gasteiger partial charge in [-0.2, -0.15) is 13.2 Å². The fraction of sp³-hybridized carbons (Fsp3) is 0.536. The van der Waals surface area contributed by atoms with E-state index in [1.807, 2.05) is 13.0 Å². The molecule has 37 heavy (non-hydrogen) atoms. The minimum atomic E-state index is -4.80. The molecule has 4 fully saturated rings. The normalized spacial score (nSPS) is 26.8. The van der Waals surface area contributed by atoms with Crippen LogP contribution in [0.4, 0.5) is 13.2 Å². The molecule has 0 unspecified atom stereocenters. The summed E-state index contributed by atoms with van der Waals surface area (Å²) in [7, 11) is 2.58. The summed E-state index contributed by atoms with van der Waals surface area (Å²) in [6.07, 6.45) is 1.76. The monoisotopic (exact) mass is 513 g/mol. The highest BCUT2D eigenvalue weighted by Gasteiger charge is 2.52. The van der Waals surface area contributed by atoms with Gasteiger partial charge < -0.3 is 5.11 Å². The quantitative estimate of drug-likeness (QED) is 0.550. The van der Waals surface area contributed by atoms with E-state index in [0.29, 0.717) is 23.3 Å². The smallest absolute Gasteiger partial charge is 0.433 e. The molecule has 4 aliphatic rings. The van der Waals surface area contributed by atoms with Crippen molar-refractivity contribution in [2.45, 2.75) is 63.5 Å². The second-order valence-corrected chi connectivity index (χ2v) is 11.8. The van der Waals surface area contributed by atoms with Crippen LogP contribution in [0.3, 0.4) is 0 Å². The van der Waals surface area contributed by atoms with Gasteiger partial charge in [-0.25, -0.2) is 9.78 Å². The Hall–Kier alpha value is -3.10. The minimum Gasteiger partial charge on any atom is -0.507 e. The van der Waals surface area contributed by atoms with Crippen LogP contribution in [0, 0.1) is 24.7 Å². The lowest BCUT2D eigenvalue weighted by Crippen LogP contribution is -2.48. The van der Waals surface area contributed by atoms with Crippen LogP contribution < -0.4 is 11.2 Å². The van der Waals surface area contributed by atoms with E-state index in [2.05, 4.69) is 4.98 Å². The predicted molar refractivity (Wildman–Crippen MR) is 133 cm³/mol. The van der Waals surface area contributed by atoms with Crippen molar-refractivity contribution in [1.29, 1.82) is 0 Å². The van der Waals surface area contributed by atoms with E-state index in [4.69, 9.17) is 0 Å². The second-order valence-electron chi connectivity index (χ2n) is 11.8. The highest BCUT2D eigenvalue weighted by Crippen LogP contribution is 2.62. The standard InChI is InChI=1S/C28H30F3N3O3/c1-14-4-18(22(35)21(5-14)27-11-15-6-16(12-27)8-17(7-15)13-27)9-19-10-20-24(32-23(19)28(29,30)31)33(2)26(37)34(3)25(20)36/h4-5,10,15-17,35H,6-9,11-13H2,1-3H3. The summed E-state index contributed by atoms with van der Waals surface area (Å²) in [6, 6.07) is 4.92. The zero-order valence-electron chi connectivity index (χ0n) is 21.2. The third-order valence-electron chi connectivity index (χ3n) is 9.10. The molecule has 0 radical (unpaired) electrons. The number of nitrogens with zero attached hydrogens (tertiary/aromatic N) is 3. The van der Waals surface area contributed by atoms with Crippen molar-refractivity contribution in [3.05, 3.63) is 67.0 Å². The zero-order chi connectivity index (χ0) is 26.4. The van der Waals surface area contributed by atoms with Gasteiger partial charge in [0.2, 0.25) is 0 Å². The maximum absolute atomic E-state index is 14.2. The Morgan fingerprint density at radius 1 is 0.973 bits per heavy atom. The van der Waals surface area contributed by atoms with Crippen LogP contribution >= 0.6 is 0 Å². The van der Waals surface area contributed by atoms with Gasteiger partial charge in [0.05, 0.1) is 5.39 Å². The maximum atomic E-state index is 14.2. The Balaban J connectivity index is 1.51. The number of aryl methyl sites for hydroxylation is 2. The summed E-state index contributed by atoms with van der Waals surface area (Å²) < 4.78 is 44.3. The summed E-state index contributed by atoms with van der Waals surface area (Å²) in [5.41, 5.74) is -1.09. The second kappa shape index (κ2) is 7.95.